The average molecular weight is 556 g/mol. The van der Waals surface area contributed by atoms with Gasteiger partial charge in [0.15, 0.2) is 5.76 Å². The molecule has 3 fully saturated rings. The summed E-state index contributed by atoms with van der Waals surface area (Å²) in [6.45, 7) is 2.54. The molecule has 36 heavy (non-hydrogen) atoms. The number of piperazine rings is 1. The Bertz CT molecular complexity index is 1140. The number of carbonyl (C=O) groups excluding carboxylic acids is 2. The Balaban J connectivity index is 1.29. The van der Waals surface area contributed by atoms with Crippen molar-refractivity contribution in [3.8, 4) is 5.75 Å². The summed E-state index contributed by atoms with van der Waals surface area (Å²) in [6, 6.07) is 7.33. The normalized spacial score (nSPS) is 23.3. The van der Waals surface area contributed by atoms with Crippen molar-refractivity contribution in [2.75, 3.05) is 44.7 Å². The molecule has 1 saturated carbocycles. The molecule has 0 bridgehead atoms. The summed E-state index contributed by atoms with van der Waals surface area (Å²) in [4.78, 5) is 41.1. The third-order valence-corrected chi connectivity index (χ3v) is 7.68. The van der Waals surface area contributed by atoms with Gasteiger partial charge in [-0.25, -0.2) is 9.97 Å². The minimum Gasteiger partial charge on any atom is -0.496 e. The number of aromatic nitrogens is 2. The summed E-state index contributed by atoms with van der Waals surface area (Å²) in [5.74, 6) is 1.42. The number of anilines is 1. The van der Waals surface area contributed by atoms with Crippen LogP contribution in [-0.4, -0.2) is 83.6 Å². The lowest BCUT2D eigenvalue weighted by atomic mass is 9.89. The number of hydrogen-bond donors (Lipinski definition) is 0. The van der Waals surface area contributed by atoms with Crippen molar-refractivity contribution in [3.63, 3.8) is 0 Å². The molecule has 10 heteroatoms. The van der Waals surface area contributed by atoms with E-state index < -0.39 is 0 Å². The number of benzene rings is 1. The molecule has 3 aliphatic rings. The first kappa shape index (κ1) is 24.5. The van der Waals surface area contributed by atoms with Gasteiger partial charge in [0.05, 0.1) is 17.6 Å². The first-order valence-electron chi connectivity index (χ1n) is 12.4. The van der Waals surface area contributed by atoms with Gasteiger partial charge < -0.3 is 24.2 Å². The van der Waals surface area contributed by atoms with Crippen LogP contribution in [0.2, 0.25) is 0 Å². The summed E-state index contributed by atoms with van der Waals surface area (Å²) < 4.78 is 12.3. The molecule has 0 radical (unpaired) electrons. The molecule has 2 aliphatic heterocycles. The molecular weight excluding hydrogens is 526 g/mol. The Labute approximate surface area is 219 Å². The fourth-order valence-corrected chi connectivity index (χ4v) is 5.70. The van der Waals surface area contributed by atoms with E-state index in [1.54, 1.807) is 36.5 Å². The van der Waals surface area contributed by atoms with E-state index in [4.69, 9.17) is 9.47 Å². The molecule has 3 heterocycles. The first-order chi connectivity index (χ1) is 17.5. The van der Waals surface area contributed by atoms with Crippen molar-refractivity contribution in [1.82, 2.24) is 19.8 Å². The van der Waals surface area contributed by atoms with Crippen molar-refractivity contribution in [2.24, 2.45) is 0 Å². The van der Waals surface area contributed by atoms with E-state index in [0.29, 0.717) is 37.9 Å². The highest BCUT2D eigenvalue weighted by atomic mass is 79.9. The average Bonchev–Trinajstić information content (AvgIpc) is 2.91. The minimum atomic E-state index is -0.227. The molecule has 190 valence electrons. The zero-order valence-electron chi connectivity index (χ0n) is 20.3. The lowest BCUT2D eigenvalue weighted by molar-refractivity contribution is -0.154. The van der Waals surface area contributed by atoms with E-state index in [1.807, 2.05) is 23.1 Å². The van der Waals surface area contributed by atoms with Crippen LogP contribution in [-0.2, 0) is 14.3 Å². The quantitative estimate of drug-likeness (QED) is 0.523. The molecule has 1 aromatic carbocycles. The topological polar surface area (TPSA) is 88.1 Å². The number of halogens is 1. The molecule has 2 saturated heterocycles. The lowest BCUT2D eigenvalue weighted by Crippen LogP contribution is -2.58. The Morgan fingerprint density at radius 2 is 1.92 bits per heavy atom. The van der Waals surface area contributed by atoms with Gasteiger partial charge in [0, 0.05) is 38.6 Å². The van der Waals surface area contributed by atoms with Gasteiger partial charge in [-0.2, -0.15) is 0 Å². The zero-order valence-corrected chi connectivity index (χ0v) is 21.9. The fourth-order valence-electron chi connectivity index (χ4n) is 5.14. The number of carbonyl (C=O) groups is 2. The van der Waals surface area contributed by atoms with E-state index in [9.17, 15) is 9.59 Å². The maximum atomic E-state index is 13.5. The van der Waals surface area contributed by atoms with Crippen LogP contribution in [0.25, 0.3) is 6.08 Å². The molecule has 5 rings (SSSR count). The number of fused-ring (bicyclic) bond motifs is 1. The van der Waals surface area contributed by atoms with Gasteiger partial charge in [0.25, 0.3) is 5.91 Å². The second-order valence-corrected chi connectivity index (χ2v) is 10.1. The molecule has 1 aromatic heterocycles. The van der Waals surface area contributed by atoms with Gasteiger partial charge in [-0.05, 0) is 65.0 Å². The maximum absolute atomic E-state index is 13.5. The van der Waals surface area contributed by atoms with Crippen molar-refractivity contribution >= 4 is 39.8 Å². The Kier molecular flexibility index (Phi) is 7.41. The monoisotopic (exact) mass is 555 g/mol. The third-order valence-electron chi connectivity index (χ3n) is 7.06. The largest absolute Gasteiger partial charge is 0.496 e. The van der Waals surface area contributed by atoms with Crippen LogP contribution in [0.5, 0.6) is 5.75 Å². The van der Waals surface area contributed by atoms with E-state index in [0.717, 1.165) is 35.7 Å². The molecule has 2 aromatic rings. The van der Waals surface area contributed by atoms with Crippen LogP contribution in [0.4, 0.5) is 5.95 Å². The summed E-state index contributed by atoms with van der Waals surface area (Å²) in [5, 5.41) is 0. The fraction of sp³-hybridized carbons (Fsp3) is 0.462. The molecule has 9 nitrogen and oxygen atoms in total. The Morgan fingerprint density at radius 3 is 2.64 bits per heavy atom. The number of rotatable bonds is 5. The number of morpholine rings is 1. The summed E-state index contributed by atoms with van der Waals surface area (Å²) in [5.41, 5.74) is 0.825. The summed E-state index contributed by atoms with van der Waals surface area (Å²) >= 11 is 3.50. The van der Waals surface area contributed by atoms with Gasteiger partial charge in [0.1, 0.15) is 18.4 Å². The van der Waals surface area contributed by atoms with Crippen molar-refractivity contribution in [2.45, 2.75) is 37.8 Å². The number of methoxy groups -OCH3 is 1. The maximum Gasteiger partial charge on any atom is 0.289 e. The second-order valence-electron chi connectivity index (χ2n) is 9.26. The predicted octanol–water partition coefficient (Wildman–Crippen LogP) is 3.11. The van der Waals surface area contributed by atoms with Gasteiger partial charge in [-0.15, -0.1) is 0 Å². The van der Waals surface area contributed by atoms with Crippen LogP contribution in [0, 0.1) is 0 Å². The predicted molar refractivity (Wildman–Crippen MR) is 138 cm³/mol. The summed E-state index contributed by atoms with van der Waals surface area (Å²) in [6.07, 6.45) is 8.93. The standard InChI is InChI=1S/C26H30BrN5O4/c1-35-21-8-7-18(15-19(21)27)16-23-25(34)32(20-5-2-3-6-22(20)36-23)17-24(33)30-11-13-31(14-12-30)26-28-9-4-10-29-26/h4,7-10,15-16,20,22H,2-3,5-6,11-14,17H2,1H3/b23-16-. The number of amides is 2. The molecule has 0 N–H and O–H groups in total. The van der Waals surface area contributed by atoms with Crippen LogP contribution in [0.3, 0.4) is 0 Å². The van der Waals surface area contributed by atoms with E-state index in [-0.39, 0.29) is 36.3 Å². The van der Waals surface area contributed by atoms with Crippen molar-refractivity contribution in [1.29, 1.82) is 0 Å². The van der Waals surface area contributed by atoms with Gasteiger partial charge in [0.2, 0.25) is 11.9 Å². The minimum absolute atomic E-state index is 0.0326. The highest BCUT2D eigenvalue weighted by Gasteiger charge is 2.42. The van der Waals surface area contributed by atoms with Crippen LogP contribution in [0.1, 0.15) is 31.2 Å². The third kappa shape index (κ3) is 5.18. The zero-order chi connectivity index (χ0) is 25.1. The molecule has 2 atom stereocenters. The smallest absolute Gasteiger partial charge is 0.289 e. The molecule has 1 aliphatic carbocycles. The van der Waals surface area contributed by atoms with Gasteiger partial charge >= 0.3 is 0 Å². The molecule has 0 spiro atoms. The SMILES string of the molecule is COc1ccc(/C=C2\OC3CCCCC3N(CC(=O)N3CCN(c4ncccn4)CC3)C2=O)cc1Br. The lowest BCUT2D eigenvalue weighted by Gasteiger charge is -2.45. The molecule has 2 amide bonds. The first-order valence-corrected chi connectivity index (χ1v) is 13.2. The number of hydrogen-bond acceptors (Lipinski definition) is 7. The number of ether oxygens (including phenoxy) is 2. The highest BCUT2D eigenvalue weighted by molar-refractivity contribution is 9.10. The molecule has 2 unspecified atom stereocenters. The summed E-state index contributed by atoms with van der Waals surface area (Å²) in [7, 11) is 1.61. The van der Waals surface area contributed by atoms with Crippen molar-refractivity contribution in [3.05, 3.63) is 52.5 Å². The van der Waals surface area contributed by atoms with Crippen LogP contribution >= 0.6 is 15.9 Å². The van der Waals surface area contributed by atoms with E-state index in [2.05, 4.69) is 30.8 Å². The van der Waals surface area contributed by atoms with Gasteiger partial charge in [-0.1, -0.05) is 12.5 Å². The highest BCUT2D eigenvalue weighted by Crippen LogP contribution is 2.34. The van der Waals surface area contributed by atoms with E-state index >= 15 is 0 Å². The van der Waals surface area contributed by atoms with Crippen LogP contribution < -0.4 is 9.64 Å². The van der Waals surface area contributed by atoms with Crippen LogP contribution in [0.15, 0.2) is 46.9 Å². The van der Waals surface area contributed by atoms with Crippen molar-refractivity contribution < 1.29 is 19.1 Å². The second kappa shape index (κ2) is 10.9. The van der Waals surface area contributed by atoms with E-state index in [1.165, 1.54) is 0 Å². The Hall–Kier alpha value is -3.14. The number of nitrogens with zero attached hydrogens (tertiary/aromatic N) is 5. The van der Waals surface area contributed by atoms with Gasteiger partial charge in [-0.3, -0.25) is 9.59 Å². The molecular formula is C26H30BrN5O4. The Morgan fingerprint density at radius 1 is 1.17 bits per heavy atom.